The number of nitrogens with zero attached hydrogens (tertiary/aromatic N) is 1. The highest BCUT2D eigenvalue weighted by molar-refractivity contribution is 5.39. The molecule has 1 aromatic rings. The lowest BCUT2D eigenvalue weighted by Gasteiger charge is -2.01. The fourth-order valence-corrected chi connectivity index (χ4v) is 0.862. The van der Waals surface area contributed by atoms with E-state index in [0.717, 1.165) is 18.2 Å². The highest BCUT2D eigenvalue weighted by atomic mass is 19.1. The van der Waals surface area contributed by atoms with Gasteiger partial charge in [0.2, 0.25) is 0 Å². The summed E-state index contributed by atoms with van der Waals surface area (Å²) in [6.07, 6.45) is 4.91. The second-order valence-electron chi connectivity index (χ2n) is 2.40. The van der Waals surface area contributed by atoms with Crippen LogP contribution in [0.2, 0.25) is 0 Å². The summed E-state index contributed by atoms with van der Waals surface area (Å²) in [6.45, 7) is -0.0550. The summed E-state index contributed by atoms with van der Waals surface area (Å²) in [5, 5.41) is 10.3. The highest BCUT2D eigenvalue weighted by Gasteiger charge is 2.09. The number of nitro groups is 1. The Balaban J connectivity index is 2.96. The van der Waals surface area contributed by atoms with Crippen LogP contribution in [0.25, 0.3) is 0 Å². The second kappa shape index (κ2) is 4.23. The minimum atomic E-state index is -0.730. The summed E-state index contributed by atoms with van der Waals surface area (Å²) < 4.78 is 17.6. The Bertz CT molecular complexity index is 398. The van der Waals surface area contributed by atoms with Crippen molar-refractivity contribution in [1.29, 1.82) is 0 Å². The molecule has 0 aromatic heterocycles. The number of nitro benzene ring substituents is 1. The maximum atomic E-state index is 12.8. The molecule has 0 saturated heterocycles. The zero-order valence-corrected chi connectivity index (χ0v) is 7.07. The third kappa shape index (κ3) is 2.45. The molecule has 0 bridgehead atoms. The standard InChI is InChI=1S/C9H6FNO3/c1-2-3-14-9-5-7(10)4-8(6-9)11(12)13/h1,4-6H,3H2. The lowest BCUT2D eigenvalue weighted by atomic mass is 10.3. The average molecular weight is 195 g/mol. The Hall–Kier alpha value is -2.09. The molecular formula is C9H6FNO3. The van der Waals surface area contributed by atoms with Crippen LogP contribution in [0.3, 0.4) is 0 Å². The van der Waals surface area contributed by atoms with Gasteiger partial charge in [-0.15, -0.1) is 6.42 Å². The van der Waals surface area contributed by atoms with Crippen molar-refractivity contribution in [2.75, 3.05) is 6.61 Å². The number of non-ortho nitro benzene ring substituents is 1. The summed E-state index contributed by atoms with van der Waals surface area (Å²) in [5.74, 6) is 1.49. The van der Waals surface area contributed by atoms with Gasteiger partial charge in [0.15, 0.2) is 0 Å². The molecule has 0 amide bonds. The fourth-order valence-electron chi connectivity index (χ4n) is 0.862. The fraction of sp³-hybridized carbons (Fsp3) is 0.111. The van der Waals surface area contributed by atoms with Crippen molar-refractivity contribution in [3.8, 4) is 18.1 Å². The number of ether oxygens (including phenoxy) is 1. The van der Waals surface area contributed by atoms with E-state index in [0.29, 0.717) is 0 Å². The Morgan fingerprint density at radius 2 is 2.29 bits per heavy atom. The van der Waals surface area contributed by atoms with Crippen molar-refractivity contribution in [3.63, 3.8) is 0 Å². The van der Waals surface area contributed by atoms with Gasteiger partial charge in [0.25, 0.3) is 5.69 Å². The SMILES string of the molecule is C#CCOc1cc(F)cc([N+](=O)[O-])c1. The molecule has 0 aliphatic rings. The van der Waals surface area contributed by atoms with Crippen LogP contribution in [-0.2, 0) is 0 Å². The van der Waals surface area contributed by atoms with Crippen LogP contribution >= 0.6 is 0 Å². The Morgan fingerprint density at radius 3 is 2.86 bits per heavy atom. The maximum absolute atomic E-state index is 12.8. The smallest absolute Gasteiger partial charge is 0.276 e. The molecule has 72 valence electrons. The molecule has 0 unspecified atom stereocenters. The molecule has 0 heterocycles. The Kier molecular flexibility index (Phi) is 3.02. The van der Waals surface area contributed by atoms with Gasteiger partial charge < -0.3 is 4.74 Å². The molecule has 4 nitrogen and oxygen atoms in total. The number of halogens is 1. The van der Waals surface area contributed by atoms with Gasteiger partial charge in [-0.25, -0.2) is 4.39 Å². The molecule has 0 radical (unpaired) electrons. The number of rotatable bonds is 3. The van der Waals surface area contributed by atoms with Gasteiger partial charge in [-0.3, -0.25) is 10.1 Å². The molecule has 0 N–H and O–H groups in total. The quantitative estimate of drug-likeness (QED) is 0.419. The second-order valence-corrected chi connectivity index (χ2v) is 2.40. The maximum Gasteiger partial charge on any atom is 0.276 e. The van der Waals surface area contributed by atoms with Crippen LogP contribution in [0.1, 0.15) is 0 Å². The number of hydrogen-bond acceptors (Lipinski definition) is 3. The Morgan fingerprint density at radius 1 is 1.57 bits per heavy atom. The molecule has 14 heavy (non-hydrogen) atoms. The molecule has 0 atom stereocenters. The van der Waals surface area contributed by atoms with Gasteiger partial charge in [-0.2, -0.15) is 0 Å². The lowest BCUT2D eigenvalue weighted by molar-refractivity contribution is -0.385. The van der Waals surface area contributed by atoms with Crippen LogP contribution < -0.4 is 4.74 Å². The molecule has 1 aromatic carbocycles. The van der Waals surface area contributed by atoms with Crippen molar-refractivity contribution >= 4 is 5.69 Å². The van der Waals surface area contributed by atoms with Gasteiger partial charge in [0.05, 0.1) is 17.1 Å². The minimum Gasteiger partial charge on any atom is -0.481 e. The first-order chi connectivity index (χ1) is 6.63. The van der Waals surface area contributed by atoms with Gasteiger partial charge in [-0.05, 0) is 0 Å². The van der Waals surface area contributed by atoms with Crippen molar-refractivity contribution in [2.45, 2.75) is 0 Å². The van der Waals surface area contributed by atoms with E-state index in [1.807, 2.05) is 0 Å². The third-order valence-corrected chi connectivity index (χ3v) is 1.39. The molecule has 1 rings (SSSR count). The van der Waals surface area contributed by atoms with Gasteiger partial charge in [-0.1, -0.05) is 5.92 Å². The molecule has 0 aliphatic carbocycles. The summed E-state index contributed by atoms with van der Waals surface area (Å²) in [6, 6.07) is 2.95. The van der Waals surface area contributed by atoms with E-state index in [4.69, 9.17) is 11.2 Å². The number of hydrogen-bond donors (Lipinski definition) is 0. The predicted molar refractivity (Wildman–Crippen MR) is 47.4 cm³/mol. The van der Waals surface area contributed by atoms with Crippen LogP contribution in [0.15, 0.2) is 18.2 Å². The van der Waals surface area contributed by atoms with E-state index in [1.165, 1.54) is 0 Å². The van der Waals surface area contributed by atoms with E-state index in [9.17, 15) is 14.5 Å². The van der Waals surface area contributed by atoms with Crippen molar-refractivity contribution in [3.05, 3.63) is 34.1 Å². The van der Waals surface area contributed by atoms with Crippen molar-refractivity contribution in [2.24, 2.45) is 0 Å². The number of benzene rings is 1. The van der Waals surface area contributed by atoms with E-state index in [1.54, 1.807) is 0 Å². The third-order valence-electron chi connectivity index (χ3n) is 1.39. The molecular weight excluding hydrogens is 189 g/mol. The first-order valence-electron chi connectivity index (χ1n) is 3.64. The molecule has 0 aliphatic heterocycles. The van der Waals surface area contributed by atoms with E-state index in [-0.39, 0.29) is 18.0 Å². The van der Waals surface area contributed by atoms with E-state index >= 15 is 0 Å². The van der Waals surface area contributed by atoms with Crippen LogP contribution in [0, 0.1) is 28.3 Å². The monoisotopic (exact) mass is 195 g/mol. The predicted octanol–water partition coefficient (Wildman–Crippen LogP) is 1.75. The summed E-state index contributed by atoms with van der Waals surface area (Å²) in [7, 11) is 0. The summed E-state index contributed by atoms with van der Waals surface area (Å²) >= 11 is 0. The average Bonchev–Trinajstić information content (AvgIpc) is 2.14. The summed E-state index contributed by atoms with van der Waals surface area (Å²) in [4.78, 5) is 9.62. The minimum absolute atomic E-state index is 0.0506. The van der Waals surface area contributed by atoms with Gasteiger partial charge >= 0.3 is 0 Å². The molecule has 0 saturated carbocycles. The van der Waals surface area contributed by atoms with Gasteiger partial charge in [0.1, 0.15) is 18.2 Å². The van der Waals surface area contributed by atoms with Crippen molar-refractivity contribution < 1.29 is 14.1 Å². The molecule has 0 fully saturated rings. The number of terminal acetylenes is 1. The van der Waals surface area contributed by atoms with Gasteiger partial charge in [0, 0.05) is 6.07 Å². The van der Waals surface area contributed by atoms with E-state index < -0.39 is 10.7 Å². The summed E-state index contributed by atoms with van der Waals surface area (Å²) in [5.41, 5.74) is -0.364. The van der Waals surface area contributed by atoms with Crippen LogP contribution in [0.5, 0.6) is 5.75 Å². The molecule has 0 spiro atoms. The largest absolute Gasteiger partial charge is 0.481 e. The first-order valence-corrected chi connectivity index (χ1v) is 3.64. The normalized spacial score (nSPS) is 9.14. The lowest BCUT2D eigenvalue weighted by Crippen LogP contribution is -1.96. The van der Waals surface area contributed by atoms with E-state index in [2.05, 4.69) is 5.92 Å². The Labute approximate surface area is 79.5 Å². The topological polar surface area (TPSA) is 52.4 Å². The first kappa shape index (κ1) is 9.99. The molecule has 5 heteroatoms. The van der Waals surface area contributed by atoms with Crippen LogP contribution in [-0.4, -0.2) is 11.5 Å². The highest BCUT2D eigenvalue weighted by Crippen LogP contribution is 2.21. The van der Waals surface area contributed by atoms with Crippen LogP contribution in [0.4, 0.5) is 10.1 Å². The van der Waals surface area contributed by atoms with Crippen molar-refractivity contribution in [1.82, 2.24) is 0 Å². The zero-order chi connectivity index (χ0) is 10.6. The zero-order valence-electron chi connectivity index (χ0n) is 7.07.